The third kappa shape index (κ3) is 2.05. The summed E-state index contributed by atoms with van der Waals surface area (Å²) in [7, 11) is 0. The summed E-state index contributed by atoms with van der Waals surface area (Å²) in [6, 6.07) is 10.3. The second-order valence-electron chi connectivity index (χ2n) is 5.98. The van der Waals surface area contributed by atoms with E-state index in [0.29, 0.717) is 16.6 Å². The highest BCUT2D eigenvalue weighted by Gasteiger charge is 2.38. The number of fused-ring (bicyclic) bond motifs is 4. The van der Waals surface area contributed by atoms with Crippen molar-refractivity contribution >= 4 is 23.1 Å². The van der Waals surface area contributed by atoms with Crippen LogP contribution in [0.2, 0.25) is 0 Å². The van der Waals surface area contributed by atoms with Gasteiger partial charge in [0.25, 0.3) is 0 Å². The number of benzene rings is 1. The molecule has 0 unspecified atom stereocenters. The molecule has 5 nitrogen and oxygen atoms in total. The molecule has 1 aliphatic rings. The highest BCUT2D eigenvalue weighted by Crippen LogP contribution is 2.34. The van der Waals surface area contributed by atoms with Crippen LogP contribution in [0, 0.1) is 6.92 Å². The fourth-order valence-electron chi connectivity index (χ4n) is 3.36. The zero-order valence-electron chi connectivity index (χ0n) is 13.8. The van der Waals surface area contributed by atoms with E-state index in [1.807, 2.05) is 13.0 Å². The molecule has 3 aromatic rings. The summed E-state index contributed by atoms with van der Waals surface area (Å²) in [4.78, 5) is 38.7. The van der Waals surface area contributed by atoms with Crippen molar-refractivity contribution in [3.63, 3.8) is 0 Å². The normalized spacial score (nSPS) is 12.9. The van der Waals surface area contributed by atoms with Crippen LogP contribution in [0.1, 0.15) is 54.8 Å². The number of hydrogen-bond acceptors (Lipinski definition) is 4. The Balaban J connectivity index is 2.13. The molecule has 0 aliphatic heterocycles. The summed E-state index contributed by atoms with van der Waals surface area (Å²) < 4.78 is 6.78. The molecule has 0 N–H and O–H groups in total. The van der Waals surface area contributed by atoms with E-state index in [2.05, 4.69) is 0 Å². The van der Waals surface area contributed by atoms with Gasteiger partial charge in [-0.1, -0.05) is 30.3 Å². The van der Waals surface area contributed by atoms with Crippen molar-refractivity contribution in [1.29, 1.82) is 0 Å². The molecule has 0 saturated heterocycles. The lowest BCUT2D eigenvalue weighted by Gasteiger charge is -2.15. The average Bonchev–Trinajstić information content (AvgIpc) is 2.94. The van der Waals surface area contributed by atoms with Crippen molar-refractivity contribution in [2.45, 2.75) is 13.8 Å². The van der Waals surface area contributed by atoms with Gasteiger partial charge in [-0.3, -0.25) is 9.59 Å². The maximum atomic E-state index is 13.1. The minimum Gasteiger partial charge on any atom is -0.462 e. The molecule has 124 valence electrons. The van der Waals surface area contributed by atoms with Gasteiger partial charge in [-0.2, -0.15) is 0 Å². The van der Waals surface area contributed by atoms with Crippen LogP contribution >= 0.6 is 0 Å². The lowest BCUT2D eigenvalue weighted by Crippen LogP contribution is -2.23. The van der Waals surface area contributed by atoms with E-state index in [9.17, 15) is 14.4 Å². The van der Waals surface area contributed by atoms with E-state index in [-0.39, 0.29) is 35.0 Å². The highest BCUT2D eigenvalue weighted by molar-refractivity contribution is 6.31. The van der Waals surface area contributed by atoms with Gasteiger partial charge < -0.3 is 9.14 Å². The standard InChI is InChI=1S/C20H15NO4/c1-3-25-20(24)15-14-9-8-11(2)10-21(14)17-16(15)18(22)12-6-4-5-7-13(12)19(17)23/h4-10H,3H2,1-2H3. The van der Waals surface area contributed by atoms with Crippen LogP contribution in [0.25, 0.3) is 5.52 Å². The number of hydrogen-bond donors (Lipinski definition) is 0. The van der Waals surface area contributed by atoms with Crippen molar-refractivity contribution < 1.29 is 19.1 Å². The zero-order chi connectivity index (χ0) is 17.7. The summed E-state index contributed by atoms with van der Waals surface area (Å²) in [5.41, 5.74) is 2.61. The molecule has 0 bridgehead atoms. The molecule has 2 aromatic heterocycles. The fraction of sp³-hybridized carbons (Fsp3) is 0.150. The number of esters is 1. The van der Waals surface area contributed by atoms with E-state index in [1.165, 1.54) is 0 Å². The molecule has 0 fully saturated rings. The molecule has 0 saturated carbocycles. The molecule has 4 rings (SSSR count). The van der Waals surface area contributed by atoms with Crippen LogP contribution in [0.5, 0.6) is 0 Å². The molecule has 2 heterocycles. The number of carbonyl (C=O) groups excluding carboxylic acids is 3. The van der Waals surface area contributed by atoms with Gasteiger partial charge in [0, 0.05) is 17.3 Å². The number of aromatic nitrogens is 1. The molecule has 0 spiro atoms. The average molecular weight is 333 g/mol. The summed E-state index contributed by atoms with van der Waals surface area (Å²) in [6.07, 6.45) is 1.76. The number of rotatable bonds is 2. The molecule has 0 atom stereocenters. The van der Waals surface area contributed by atoms with Gasteiger partial charge in [0.1, 0.15) is 5.69 Å². The molecule has 25 heavy (non-hydrogen) atoms. The maximum absolute atomic E-state index is 13.1. The topological polar surface area (TPSA) is 64.8 Å². The Morgan fingerprint density at radius 3 is 2.40 bits per heavy atom. The Morgan fingerprint density at radius 2 is 1.72 bits per heavy atom. The Bertz CT molecular complexity index is 1070. The summed E-state index contributed by atoms with van der Waals surface area (Å²) in [5, 5.41) is 0. The van der Waals surface area contributed by atoms with Crippen molar-refractivity contribution in [3.05, 3.63) is 76.1 Å². The third-order valence-electron chi connectivity index (χ3n) is 4.42. The Morgan fingerprint density at radius 1 is 1.04 bits per heavy atom. The predicted molar refractivity (Wildman–Crippen MR) is 91.4 cm³/mol. The van der Waals surface area contributed by atoms with Crippen LogP contribution in [0.4, 0.5) is 0 Å². The van der Waals surface area contributed by atoms with Gasteiger partial charge in [0.05, 0.1) is 23.3 Å². The van der Waals surface area contributed by atoms with Crippen LogP contribution in [-0.2, 0) is 4.74 Å². The monoisotopic (exact) mass is 333 g/mol. The summed E-state index contributed by atoms with van der Waals surface area (Å²) >= 11 is 0. The predicted octanol–water partition coefficient (Wildman–Crippen LogP) is 3.20. The zero-order valence-corrected chi connectivity index (χ0v) is 13.8. The molecule has 5 heteroatoms. The summed E-state index contributed by atoms with van der Waals surface area (Å²) in [6.45, 7) is 3.78. The van der Waals surface area contributed by atoms with Crippen molar-refractivity contribution in [2.75, 3.05) is 6.61 Å². The van der Waals surface area contributed by atoms with Crippen molar-refractivity contribution in [3.8, 4) is 0 Å². The number of pyridine rings is 1. The molecular weight excluding hydrogens is 318 g/mol. The largest absolute Gasteiger partial charge is 0.462 e. The van der Waals surface area contributed by atoms with Crippen LogP contribution in [0.3, 0.4) is 0 Å². The Kier molecular flexibility index (Phi) is 3.32. The first kappa shape index (κ1) is 15.3. The number of ether oxygens (including phenoxy) is 1. The lowest BCUT2D eigenvalue weighted by molar-refractivity contribution is 0.0526. The van der Waals surface area contributed by atoms with Crippen molar-refractivity contribution in [2.24, 2.45) is 0 Å². The van der Waals surface area contributed by atoms with Crippen molar-refractivity contribution in [1.82, 2.24) is 4.40 Å². The summed E-state index contributed by atoms with van der Waals surface area (Å²) in [5.74, 6) is -1.18. The van der Waals surface area contributed by atoms with Gasteiger partial charge in [-0.05, 0) is 25.5 Å². The quantitative estimate of drug-likeness (QED) is 0.528. The fourth-order valence-corrected chi connectivity index (χ4v) is 3.36. The van der Waals surface area contributed by atoms with E-state index in [1.54, 1.807) is 47.9 Å². The first-order chi connectivity index (χ1) is 12.0. The molecule has 1 aliphatic carbocycles. The number of aryl methyl sites for hydroxylation is 1. The van der Waals surface area contributed by atoms with Crippen LogP contribution < -0.4 is 0 Å². The molecular formula is C20H15NO4. The van der Waals surface area contributed by atoms with Crippen LogP contribution in [-0.4, -0.2) is 28.5 Å². The number of carbonyl (C=O) groups is 3. The number of nitrogens with zero attached hydrogens (tertiary/aromatic N) is 1. The third-order valence-corrected chi connectivity index (χ3v) is 4.42. The molecule has 0 amide bonds. The van der Waals surface area contributed by atoms with Gasteiger partial charge >= 0.3 is 5.97 Å². The SMILES string of the molecule is CCOC(=O)c1c2c(n3cc(C)ccc13)C(=O)c1ccccc1C2=O. The van der Waals surface area contributed by atoms with Gasteiger partial charge in [-0.15, -0.1) is 0 Å². The highest BCUT2D eigenvalue weighted by atomic mass is 16.5. The van der Waals surface area contributed by atoms with Gasteiger partial charge in [0.2, 0.25) is 5.78 Å². The van der Waals surface area contributed by atoms with E-state index in [0.717, 1.165) is 5.56 Å². The lowest BCUT2D eigenvalue weighted by atomic mass is 9.86. The second-order valence-corrected chi connectivity index (χ2v) is 5.98. The van der Waals surface area contributed by atoms with Crippen LogP contribution in [0.15, 0.2) is 42.6 Å². The smallest absolute Gasteiger partial charge is 0.341 e. The van der Waals surface area contributed by atoms with Gasteiger partial charge in [0.15, 0.2) is 5.78 Å². The molecule has 1 aromatic carbocycles. The van der Waals surface area contributed by atoms with E-state index in [4.69, 9.17) is 4.74 Å². The first-order valence-electron chi connectivity index (χ1n) is 8.04. The first-order valence-corrected chi connectivity index (χ1v) is 8.04. The molecule has 0 radical (unpaired) electrons. The number of ketones is 2. The minimum atomic E-state index is -0.592. The Hall–Kier alpha value is -3.21. The van der Waals surface area contributed by atoms with E-state index < -0.39 is 5.97 Å². The van der Waals surface area contributed by atoms with E-state index >= 15 is 0 Å². The van der Waals surface area contributed by atoms with Gasteiger partial charge in [-0.25, -0.2) is 4.79 Å². The maximum Gasteiger partial charge on any atom is 0.341 e. The minimum absolute atomic E-state index is 0.132. The Labute approximate surface area is 143 Å². The second kappa shape index (κ2) is 5.41.